The molecule has 0 aliphatic carbocycles. The van der Waals surface area contributed by atoms with Gasteiger partial charge >= 0.3 is 6.18 Å². The van der Waals surface area contributed by atoms with Crippen LogP contribution in [0.5, 0.6) is 5.75 Å². The van der Waals surface area contributed by atoms with Gasteiger partial charge in [-0.15, -0.1) is 12.4 Å². The van der Waals surface area contributed by atoms with Crippen LogP contribution in [0.2, 0.25) is 0 Å². The van der Waals surface area contributed by atoms with Crippen molar-refractivity contribution in [3.05, 3.63) is 29.3 Å². The van der Waals surface area contributed by atoms with E-state index in [2.05, 4.69) is 0 Å². The summed E-state index contributed by atoms with van der Waals surface area (Å²) in [5.74, 6) is 0.189. The van der Waals surface area contributed by atoms with E-state index in [0.29, 0.717) is 6.42 Å². The maximum absolute atomic E-state index is 12.9. The molecule has 0 aliphatic heterocycles. The van der Waals surface area contributed by atoms with Gasteiger partial charge < -0.3 is 10.5 Å². The first kappa shape index (κ1) is 18.1. The quantitative estimate of drug-likeness (QED) is 0.878. The largest absolute Gasteiger partial charge is 0.497 e. The van der Waals surface area contributed by atoms with Crippen LogP contribution in [0, 0.1) is 0 Å². The van der Waals surface area contributed by atoms with Gasteiger partial charge in [0, 0.05) is 6.04 Å². The Morgan fingerprint density at radius 1 is 1.32 bits per heavy atom. The number of halogens is 4. The standard InChI is InChI=1S/C13H18F3NO.ClH/c1-3-4-5-12(17)10-7-6-9(18-2)8-11(10)13(14,15)16;/h6-8,12H,3-5,17H2,1-2H3;1H/t12-;/m0./s1. The van der Waals surface area contributed by atoms with E-state index >= 15 is 0 Å². The molecule has 19 heavy (non-hydrogen) atoms. The molecule has 0 aliphatic rings. The number of ether oxygens (including phenoxy) is 1. The number of nitrogens with two attached hydrogens (primary N) is 1. The summed E-state index contributed by atoms with van der Waals surface area (Å²) in [6, 6.07) is 3.33. The molecule has 110 valence electrons. The van der Waals surface area contributed by atoms with Gasteiger partial charge in [-0.3, -0.25) is 0 Å². The number of benzene rings is 1. The summed E-state index contributed by atoms with van der Waals surface area (Å²) in [6.45, 7) is 1.98. The zero-order valence-electron chi connectivity index (χ0n) is 11.0. The monoisotopic (exact) mass is 297 g/mol. The van der Waals surface area contributed by atoms with Crippen LogP contribution in [-0.2, 0) is 6.18 Å². The van der Waals surface area contributed by atoms with E-state index in [1.54, 1.807) is 0 Å². The first-order chi connectivity index (χ1) is 8.40. The minimum Gasteiger partial charge on any atom is -0.497 e. The minimum absolute atomic E-state index is 0. The van der Waals surface area contributed by atoms with Gasteiger partial charge in [0.05, 0.1) is 12.7 Å². The third-order valence-corrected chi connectivity index (χ3v) is 2.83. The fourth-order valence-electron chi connectivity index (χ4n) is 1.81. The Morgan fingerprint density at radius 2 is 1.95 bits per heavy atom. The van der Waals surface area contributed by atoms with Crippen LogP contribution in [0.25, 0.3) is 0 Å². The van der Waals surface area contributed by atoms with Gasteiger partial charge in [0.1, 0.15) is 5.75 Å². The van der Waals surface area contributed by atoms with Gasteiger partial charge in [-0.2, -0.15) is 13.2 Å². The lowest BCUT2D eigenvalue weighted by Crippen LogP contribution is -2.17. The predicted molar refractivity (Wildman–Crippen MR) is 71.7 cm³/mol. The van der Waals surface area contributed by atoms with Gasteiger partial charge in [0.2, 0.25) is 0 Å². The topological polar surface area (TPSA) is 35.2 Å². The van der Waals surface area contributed by atoms with Crippen molar-refractivity contribution in [2.75, 3.05) is 7.11 Å². The maximum atomic E-state index is 12.9. The second-order valence-electron chi connectivity index (χ2n) is 4.20. The van der Waals surface area contributed by atoms with Crippen molar-refractivity contribution in [3.8, 4) is 5.75 Å². The Morgan fingerprint density at radius 3 is 2.42 bits per heavy atom. The summed E-state index contributed by atoms with van der Waals surface area (Å²) in [7, 11) is 1.34. The molecule has 2 nitrogen and oxygen atoms in total. The molecule has 0 fully saturated rings. The van der Waals surface area contributed by atoms with Crippen molar-refractivity contribution >= 4 is 12.4 Å². The number of unbranched alkanes of at least 4 members (excludes halogenated alkanes) is 1. The Labute approximate surface area is 117 Å². The molecule has 0 saturated carbocycles. The Hall–Kier alpha value is -0.940. The van der Waals surface area contributed by atoms with Crippen molar-refractivity contribution < 1.29 is 17.9 Å². The van der Waals surface area contributed by atoms with Crippen molar-refractivity contribution in [1.82, 2.24) is 0 Å². The molecule has 0 amide bonds. The first-order valence-electron chi connectivity index (χ1n) is 5.90. The summed E-state index contributed by atoms with van der Waals surface area (Å²) in [6.07, 6.45) is -2.14. The summed E-state index contributed by atoms with van der Waals surface area (Å²) in [5, 5.41) is 0. The summed E-state index contributed by atoms with van der Waals surface area (Å²) in [4.78, 5) is 0. The number of hydrogen-bond acceptors (Lipinski definition) is 2. The molecule has 1 aromatic carbocycles. The Balaban J connectivity index is 0.00000324. The van der Waals surface area contributed by atoms with Crippen LogP contribution >= 0.6 is 12.4 Å². The molecule has 0 aromatic heterocycles. The molecule has 0 unspecified atom stereocenters. The van der Waals surface area contributed by atoms with E-state index in [4.69, 9.17) is 10.5 Å². The molecular formula is C13H19ClF3NO. The fraction of sp³-hybridized carbons (Fsp3) is 0.538. The van der Waals surface area contributed by atoms with Crippen LogP contribution in [0.1, 0.15) is 43.4 Å². The van der Waals surface area contributed by atoms with Gasteiger partial charge in [-0.1, -0.05) is 25.8 Å². The van der Waals surface area contributed by atoms with Crippen molar-refractivity contribution in [2.45, 2.75) is 38.4 Å². The molecule has 1 atom stereocenters. The minimum atomic E-state index is -4.41. The van der Waals surface area contributed by atoms with Gasteiger partial charge in [0.25, 0.3) is 0 Å². The molecule has 2 N–H and O–H groups in total. The average molecular weight is 298 g/mol. The van der Waals surface area contributed by atoms with Crippen LogP contribution in [0.4, 0.5) is 13.2 Å². The molecule has 0 heterocycles. The van der Waals surface area contributed by atoms with E-state index in [0.717, 1.165) is 18.9 Å². The fourth-order valence-corrected chi connectivity index (χ4v) is 1.81. The molecule has 1 rings (SSSR count). The Bertz CT molecular complexity index is 396. The third-order valence-electron chi connectivity index (χ3n) is 2.83. The van der Waals surface area contributed by atoms with Crippen molar-refractivity contribution in [3.63, 3.8) is 0 Å². The molecule has 1 aromatic rings. The summed E-state index contributed by atoms with van der Waals surface area (Å²) >= 11 is 0. The number of rotatable bonds is 5. The normalized spacial score (nSPS) is 12.7. The SMILES string of the molecule is CCCC[C@H](N)c1ccc(OC)cc1C(F)(F)F.Cl. The first-order valence-corrected chi connectivity index (χ1v) is 5.90. The average Bonchev–Trinajstić information content (AvgIpc) is 2.34. The lowest BCUT2D eigenvalue weighted by atomic mass is 9.96. The van der Waals surface area contributed by atoms with E-state index in [-0.39, 0.29) is 23.7 Å². The number of methoxy groups -OCH3 is 1. The third kappa shape index (κ3) is 4.91. The predicted octanol–water partition coefficient (Wildman–Crippen LogP) is 4.33. The maximum Gasteiger partial charge on any atom is 0.416 e. The van der Waals surface area contributed by atoms with Gasteiger partial charge in [-0.25, -0.2) is 0 Å². The number of hydrogen-bond donors (Lipinski definition) is 1. The lowest BCUT2D eigenvalue weighted by Gasteiger charge is -2.19. The van der Waals surface area contributed by atoms with E-state index in [1.165, 1.54) is 19.2 Å². The molecule has 0 spiro atoms. The molecule has 0 bridgehead atoms. The van der Waals surface area contributed by atoms with Crippen molar-refractivity contribution in [2.24, 2.45) is 5.73 Å². The van der Waals surface area contributed by atoms with Crippen LogP contribution in [0.3, 0.4) is 0 Å². The molecule has 6 heteroatoms. The van der Waals surface area contributed by atoms with Crippen LogP contribution in [-0.4, -0.2) is 7.11 Å². The molecule has 0 radical (unpaired) electrons. The second-order valence-corrected chi connectivity index (χ2v) is 4.20. The van der Waals surface area contributed by atoms with E-state index < -0.39 is 17.8 Å². The highest BCUT2D eigenvalue weighted by Crippen LogP contribution is 2.37. The smallest absolute Gasteiger partial charge is 0.416 e. The van der Waals surface area contributed by atoms with Gasteiger partial charge in [-0.05, 0) is 24.1 Å². The Kier molecular flexibility index (Phi) is 7.23. The zero-order valence-corrected chi connectivity index (χ0v) is 11.8. The van der Waals surface area contributed by atoms with Crippen molar-refractivity contribution in [1.29, 1.82) is 0 Å². The lowest BCUT2D eigenvalue weighted by molar-refractivity contribution is -0.138. The molecule has 0 saturated heterocycles. The van der Waals surface area contributed by atoms with Crippen LogP contribution in [0.15, 0.2) is 18.2 Å². The zero-order chi connectivity index (χ0) is 13.8. The highest BCUT2D eigenvalue weighted by molar-refractivity contribution is 5.85. The number of alkyl halides is 3. The van der Waals surface area contributed by atoms with E-state index in [1.807, 2.05) is 6.92 Å². The highest BCUT2D eigenvalue weighted by atomic mass is 35.5. The summed E-state index contributed by atoms with van der Waals surface area (Å²) < 4.78 is 43.6. The van der Waals surface area contributed by atoms with Gasteiger partial charge in [0.15, 0.2) is 0 Å². The highest BCUT2D eigenvalue weighted by Gasteiger charge is 2.35. The molecular weight excluding hydrogens is 279 g/mol. The summed E-state index contributed by atoms with van der Waals surface area (Å²) in [5.41, 5.74) is 5.26. The van der Waals surface area contributed by atoms with E-state index in [9.17, 15) is 13.2 Å². The second kappa shape index (κ2) is 7.60. The van der Waals surface area contributed by atoms with Crippen LogP contribution < -0.4 is 10.5 Å².